The van der Waals surface area contributed by atoms with Gasteiger partial charge in [0.1, 0.15) is 5.75 Å². The lowest BCUT2D eigenvalue weighted by molar-refractivity contribution is 0.225. The van der Waals surface area contributed by atoms with Crippen molar-refractivity contribution in [2.75, 3.05) is 12.4 Å². The third kappa shape index (κ3) is 2.43. The summed E-state index contributed by atoms with van der Waals surface area (Å²) in [7, 11) is 1.81. The predicted octanol–water partition coefficient (Wildman–Crippen LogP) is 2.47. The predicted molar refractivity (Wildman–Crippen MR) is 47.9 cm³/mol. The molecule has 0 aromatic heterocycles. The summed E-state index contributed by atoms with van der Waals surface area (Å²) in [4.78, 5) is 10.3. The van der Waals surface area contributed by atoms with Crippen molar-refractivity contribution >= 4 is 22.7 Å². The molecule has 1 aromatic carbocycles. The third-order valence-electron chi connectivity index (χ3n) is 1.34. The average molecular weight is 186 g/mol. The van der Waals surface area contributed by atoms with Crippen LogP contribution in [0.3, 0.4) is 0 Å². The Balaban J connectivity index is 2.71. The van der Waals surface area contributed by atoms with Gasteiger partial charge >= 0.3 is 5.43 Å². The molecule has 0 amide bonds. The van der Waals surface area contributed by atoms with Gasteiger partial charge in [0.25, 0.3) is 0 Å². The molecule has 0 fully saturated rings. The van der Waals surface area contributed by atoms with E-state index in [0.29, 0.717) is 5.75 Å². The lowest BCUT2D eigenvalue weighted by atomic mass is 10.3. The number of carbonyl (C=O) groups excluding carboxylic acids is 1. The summed E-state index contributed by atoms with van der Waals surface area (Å²) in [6.07, 6.45) is 0. The van der Waals surface area contributed by atoms with E-state index in [9.17, 15) is 4.79 Å². The summed E-state index contributed by atoms with van der Waals surface area (Å²) in [5.74, 6) is 0.439. The molecular weight excluding hydrogens is 178 g/mol. The van der Waals surface area contributed by atoms with Gasteiger partial charge in [-0.15, -0.1) is 0 Å². The first-order chi connectivity index (χ1) is 5.72. The molecule has 1 N–H and O–H groups in total. The smallest absolute Gasteiger partial charge is 0.409 e. The number of hydrogen-bond donors (Lipinski definition) is 1. The summed E-state index contributed by atoms with van der Waals surface area (Å²) in [6, 6.07) is 6.89. The summed E-state index contributed by atoms with van der Waals surface area (Å²) in [6.45, 7) is 0. The quantitative estimate of drug-likeness (QED) is 0.720. The van der Waals surface area contributed by atoms with Crippen LogP contribution in [0.5, 0.6) is 5.75 Å². The molecule has 0 aliphatic carbocycles. The Kier molecular flexibility index (Phi) is 2.94. The first kappa shape index (κ1) is 8.87. The molecule has 1 aromatic rings. The first-order valence-corrected chi connectivity index (χ1v) is 3.75. The van der Waals surface area contributed by atoms with Crippen LogP contribution in [0.15, 0.2) is 24.3 Å². The van der Waals surface area contributed by atoms with Crippen LogP contribution in [0, 0.1) is 0 Å². The minimum absolute atomic E-state index is 0.439. The fourth-order valence-corrected chi connectivity index (χ4v) is 0.871. The SMILES string of the molecule is CNc1ccc(OC(=O)Cl)cc1. The number of hydrogen-bond acceptors (Lipinski definition) is 3. The molecule has 0 atom stereocenters. The summed E-state index contributed by atoms with van der Waals surface area (Å²) < 4.78 is 4.61. The van der Waals surface area contributed by atoms with E-state index >= 15 is 0 Å². The van der Waals surface area contributed by atoms with Crippen molar-refractivity contribution in [2.45, 2.75) is 0 Å². The molecule has 0 bridgehead atoms. The van der Waals surface area contributed by atoms with Crippen LogP contribution >= 0.6 is 11.6 Å². The van der Waals surface area contributed by atoms with Gasteiger partial charge in [0.2, 0.25) is 0 Å². The average Bonchev–Trinajstić information content (AvgIpc) is 2.05. The van der Waals surface area contributed by atoms with Crippen molar-refractivity contribution in [3.05, 3.63) is 24.3 Å². The number of halogens is 1. The van der Waals surface area contributed by atoms with Gasteiger partial charge in [-0.2, -0.15) is 0 Å². The molecule has 0 saturated carbocycles. The molecule has 0 aliphatic heterocycles. The van der Waals surface area contributed by atoms with Crippen LogP contribution in [0.4, 0.5) is 10.5 Å². The minimum Gasteiger partial charge on any atom is -0.415 e. The summed E-state index contributed by atoms with van der Waals surface area (Å²) in [5.41, 5.74) is 0.122. The van der Waals surface area contributed by atoms with Gasteiger partial charge in [-0.1, -0.05) is 0 Å². The van der Waals surface area contributed by atoms with Crippen LogP contribution < -0.4 is 10.1 Å². The van der Waals surface area contributed by atoms with Gasteiger partial charge in [0, 0.05) is 24.3 Å². The lowest BCUT2D eigenvalue weighted by Crippen LogP contribution is -1.96. The van der Waals surface area contributed by atoms with E-state index < -0.39 is 5.43 Å². The van der Waals surface area contributed by atoms with Gasteiger partial charge in [-0.05, 0) is 24.3 Å². The Morgan fingerprint density at radius 1 is 1.42 bits per heavy atom. The molecule has 0 aliphatic rings. The second-order valence-corrected chi connectivity index (χ2v) is 2.42. The molecule has 0 radical (unpaired) electrons. The van der Waals surface area contributed by atoms with E-state index in [-0.39, 0.29) is 0 Å². The Hall–Kier alpha value is -1.22. The minimum atomic E-state index is -0.827. The van der Waals surface area contributed by atoms with Gasteiger partial charge < -0.3 is 10.1 Å². The summed E-state index contributed by atoms with van der Waals surface area (Å²) in [5, 5.41) is 2.93. The van der Waals surface area contributed by atoms with Crippen LogP contribution in [-0.2, 0) is 0 Å². The van der Waals surface area contributed by atoms with Gasteiger partial charge in [0.15, 0.2) is 0 Å². The summed E-state index contributed by atoms with van der Waals surface area (Å²) >= 11 is 5.01. The fourth-order valence-electron chi connectivity index (χ4n) is 0.782. The normalized spacial score (nSPS) is 9.17. The number of nitrogens with one attached hydrogen (secondary N) is 1. The standard InChI is InChI=1S/C8H8ClNO2/c1-10-6-2-4-7(5-3-6)12-8(9)11/h2-5,10H,1H3. The van der Waals surface area contributed by atoms with Crippen LogP contribution in [0.1, 0.15) is 0 Å². The van der Waals surface area contributed by atoms with E-state index in [1.54, 1.807) is 24.3 Å². The Morgan fingerprint density at radius 2 is 2.00 bits per heavy atom. The molecule has 4 heteroatoms. The molecule has 0 spiro atoms. The highest BCUT2D eigenvalue weighted by Gasteiger charge is 1.98. The van der Waals surface area contributed by atoms with Gasteiger partial charge in [0.05, 0.1) is 0 Å². The molecule has 64 valence electrons. The van der Waals surface area contributed by atoms with E-state index in [4.69, 9.17) is 11.6 Å². The van der Waals surface area contributed by atoms with Crippen molar-refractivity contribution in [3.8, 4) is 5.75 Å². The maximum atomic E-state index is 10.3. The number of rotatable bonds is 2. The van der Waals surface area contributed by atoms with E-state index in [1.807, 2.05) is 7.05 Å². The maximum Gasteiger partial charge on any atom is 0.409 e. The highest BCUT2D eigenvalue weighted by atomic mass is 35.5. The monoisotopic (exact) mass is 185 g/mol. The van der Waals surface area contributed by atoms with Crippen molar-refractivity contribution in [3.63, 3.8) is 0 Å². The first-order valence-electron chi connectivity index (χ1n) is 3.37. The zero-order valence-electron chi connectivity index (χ0n) is 6.50. The van der Waals surface area contributed by atoms with E-state index in [1.165, 1.54) is 0 Å². The number of carbonyl (C=O) groups is 1. The van der Waals surface area contributed by atoms with Crippen molar-refractivity contribution < 1.29 is 9.53 Å². The van der Waals surface area contributed by atoms with Gasteiger partial charge in [-0.3, -0.25) is 0 Å². The lowest BCUT2D eigenvalue weighted by Gasteiger charge is -2.01. The Morgan fingerprint density at radius 3 is 2.42 bits per heavy atom. The van der Waals surface area contributed by atoms with E-state index in [0.717, 1.165) is 5.69 Å². The molecular formula is C8H8ClNO2. The maximum absolute atomic E-state index is 10.3. The largest absolute Gasteiger partial charge is 0.415 e. The highest BCUT2D eigenvalue weighted by Crippen LogP contribution is 2.15. The van der Waals surface area contributed by atoms with Crippen molar-refractivity contribution in [2.24, 2.45) is 0 Å². The molecule has 0 unspecified atom stereocenters. The van der Waals surface area contributed by atoms with Crippen LogP contribution in [0.2, 0.25) is 0 Å². The van der Waals surface area contributed by atoms with Crippen molar-refractivity contribution in [1.29, 1.82) is 0 Å². The number of ether oxygens (including phenoxy) is 1. The molecule has 0 heterocycles. The Labute approximate surface area is 75.3 Å². The molecule has 0 saturated heterocycles. The van der Waals surface area contributed by atoms with Crippen molar-refractivity contribution in [1.82, 2.24) is 0 Å². The van der Waals surface area contributed by atoms with Gasteiger partial charge in [-0.25, -0.2) is 4.79 Å². The third-order valence-corrected chi connectivity index (χ3v) is 1.42. The highest BCUT2D eigenvalue weighted by molar-refractivity contribution is 6.61. The second-order valence-electron chi connectivity index (χ2n) is 2.11. The van der Waals surface area contributed by atoms with Crippen LogP contribution in [-0.4, -0.2) is 12.5 Å². The topological polar surface area (TPSA) is 38.3 Å². The number of anilines is 1. The Bertz CT molecular complexity index is 271. The second kappa shape index (κ2) is 3.97. The fraction of sp³-hybridized carbons (Fsp3) is 0.125. The molecule has 12 heavy (non-hydrogen) atoms. The van der Waals surface area contributed by atoms with Crippen LogP contribution in [0.25, 0.3) is 0 Å². The number of benzene rings is 1. The van der Waals surface area contributed by atoms with E-state index in [2.05, 4.69) is 10.1 Å². The molecule has 3 nitrogen and oxygen atoms in total. The zero-order chi connectivity index (χ0) is 8.97. The zero-order valence-corrected chi connectivity index (χ0v) is 7.26. The molecule has 1 rings (SSSR count).